The van der Waals surface area contributed by atoms with E-state index in [1.54, 1.807) is 31.4 Å². The van der Waals surface area contributed by atoms with Crippen molar-refractivity contribution in [1.82, 2.24) is 0 Å². The number of amides is 1. The van der Waals surface area contributed by atoms with Crippen molar-refractivity contribution in [2.75, 3.05) is 12.4 Å². The van der Waals surface area contributed by atoms with Gasteiger partial charge >= 0.3 is 0 Å². The van der Waals surface area contributed by atoms with E-state index in [-0.39, 0.29) is 5.57 Å². The van der Waals surface area contributed by atoms with Crippen LogP contribution >= 0.6 is 11.6 Å². The molecule has 3 aromatic carbocycles. The monoisotopic (exact) mass is 444 g/mol. The van der Waals surface area contributed by atoms with Crippen molar-refractivity contribution in [2.45, 2.75) is 27.2 Å². The van der Waals surface area contributed by atoms with Crippen LogP contribution in [0.5, 0.6) is 5.75 Å². The van der Waals surface area contributed by atoms with Gasteiger partial charge < -0.3 is 10.1 Å². The zero-order valence-electron chi connectivity index (χ0n) is 18.6. The summed E-state index contributed by atoms with van der Waals surface area (Å²) in [5, 5.41) is 12.9. The van der Waals surface area contributed by atoms with E-state index in [2.05, 4.69) is 37.4 Å². The van der Waals surface area contributed by atoms with Gasteiger partial charge in [0, 0.05) is 17.1 Å². The Labute approximate surface area is 194 Å². The Bertz CT molecular complexity index is 1220. The quantitative estimate of drug-likeness (QED) is 0.353. The number of nitriles is 1. The number of rotatable bonds is 6. The number of anilines is 1. The fourth-order valence-corrected chi connectivity index (χ4v) is 3.81. The topological polar surface area (TPSA) is 62.1 Å². The first-order chi connectivity index (χ1) is 15.3. The summed E-state index contributed by atoms with van der Waals surface area (Å²) in [5.74, 6) is 0.220. The summed E-state index contributed by atoms with van der Waals surface area (Å²) in [4.78, 5) is 12.7. The number of carbonyl (C=O) groups excluding carboxylic acids is 1. The number of hydrogen-bond donors (Lipinski definition) is 1. The van der Waals surface area contributed by atoms with Crippen LogP contribution in [-0.4, -0.2) is 13.0 Å². The zero-order valence-corrected chi connectivity index (χ0v) is 19.4. The molecule has 0 aromatic heterocycles. The number of aryl methyl sites for hydroxylation is 2. The molecule has 5 heteroatoms. The van der Waals surface area contributed by atoms with Crippen molar-refractivity contribution < 1.29 is 9.53 Å². The molecule has 0 fully saturated rings. The summed E-state index contributed by atoms with van der Waals surface area (Å²) in [6, 6.07) is 19.4. The summed E-state index contributed by atoms with van der Waals surface area (Å²) in [5.41, 5.74) is 6.71. The third-order valence-corrected chi connectivity index (χ3v) is 5.59. The normalized spacial score (nSPS) is 11.1. The van der Waals surface area contributed by atoms with Crippen molar-refractivity contribution in [3.63, 3.8) is 0 Å². The molecule has 1 N–H and O–H groups in total. The van der Waals surface area contributed by atoms with E-state index in [1.165, 1.54) is 16.7 Å². The number of halogens is 1. The number of carbonyl (C=O) groups is 1. The van der Waals surface area contributed by atoms with Crippen LogP contribution in [0.2, 0.25) is 5.02 Å². The van der Waals surface area contributed by atoms with Crippen molar-refractivity contribution in [1.29, 1.82) is 5.26 Å². The van der Waals surface area contributed by atoms with E-state index >= 15 is 0 Å². The molecule has 0 bridgehead atoms. The van der Waals surface area contributed by atoms with Crippen LogP contribution in [0, 0.1) is 32.1 Å². The van der Waals surface area contributed by atoms with Crippen LogP contribution in [0.1, 0.15) is 33.4 Å². The van der Waals surface area contributed by atoms with Crippen LogP contribution in [0.4, 0.5) is 5.69 Å². The molecule has 0 aliphatic carbocycles. The molecule has 0 spiro atoms. The minimum Gasteiger partial charge on any atom is -0.496 e. The lowest BCUT2D eigenvalue weighted by Gasteiger charge is -2.12. The smallest absolute Gasteiger partial charge is 0.266 e. The Balaban J connectivity index is 1.85. The fraction of sp³-hybridized carbons (Fsp3) is 0.185. The molecule has 0 radical (unpaired) electrons. The first-order valence-corrected chi connectivity index (χ1v) is 10.6. The Kier molecular flexibility index (Phi) is 7.35. The largest absolute Gasteiger partial charge is 0.496 e. The second kappa shape index (κ2) is 10.2. The maximum Gasteiger partial charge on any atom is 0.266 e. The number of benzene rings is 3. The van der Waals surface area contributed by atoms with E-state index in [1.807, 2.05) is 31.2 Å². The lowest BCUT2D eigenvalue weighted by Crippen LogP contribution is -2.14. The molecule has 32 heavy (non-hydrogen) atoms. The van der Waals surface area contributed by atoms with Crippen molar-refractivity contribution in [3.05, 3.63) is 98.6 Å². The minimum atomic E-state index is -0.490. The molecule has 3 rings (SSSR count). The SMILES string of the molecule is COc1cc(/C=C(\C#N)C(=O)Nc2cccc(Cl)c2C)ccc1Cc1cc(C)cc(C)c1. The molecule has 162 valence electrons. The van der Waals surface area contributed by atoms with E-state index in [4.69, 9.17) is 16.3 Å². The van der Waals surface area contributed by atoms with E-state index < -0.39 is 5.91 Å². The average molecular weight is 445 g/mol. The van der Waals surface area contributed by atoms with Gasteiger partial charge in [0.2, 0.25) is 0 Å². The molecule has 0 heterocycles. The van der Waals surface area contributed by atoms with Gasteiger partial charge in [0.05, 0.1) is 7.11 Å². The summed E-state index contributed by atoms with van der Waals surface area (Å²) >= 11 is 6.12. The summed E-state index contributed by atoms with van der Waals surface area (Å²) in [6.07, 6.45) is 2.29. The Morgan fingerprint density at radius 2 is 1.81 bits per heavy atom. The van der Waals surface area contributed by atoms with Gasteiger partial charge in [-0.15, -0.1) is 0 Å². The van der Waals surface area contributed by atoms with E-state index in [0.29, 0.717) is 22.0 Å². The van der Waals surface area contributed by atoms with Crippen LogP contribution < -0.4 is 10.1 Å². The number of hydrogen-bond acceptors (Lipinski definition) is 3. The first kappa shape index (κ1) is 23.1. The highest BCUT2D eigenvalue weighted by molar-refractivity contribution is 6.31. The predicted molar refractivity (Wildman–Crippen MR) is 130 cm³/mol. The van der Waals surface area contributed by atoms with Gasteiger partial charge in [0.25, 0.3) is 5.91 Å². The Morgan fingerprint density at radius 3 is 2.47 bits per heavy atom. The summed E-state index contributed by atoms with van der Waals surface area (Å²) in [6.45, 7) is 5.98. The molecule has 4 nitrogen and oxygen atoms in total. The van der Waals surface area contributed by atoms with Crippen LogP contribution in [0.25, 0.3) is 6.08 Å². The maximum absolute atomic E-state index is 12.7. The van der Waals surface area contributed by atoms with Gasteiger partial charge in [-0.3, -0.25) is 4.79 Å². The highest BCUT2D eigenvalue weighted by Gasteiger charge is 2.13. The van der Waals surface area contributed by atoms with Crippen LogP contribution in [-0.2, 0) is 11.2 Å². The number of nitrogens with one attached hydrogen (secondary N) is 1. The molecule has 1 amide bonds. The van der Waals surface area contributed by atoms with Crippen molar-refractivity contribution in [3.8, 4) is 11.8 Å². The maximum atomic E-state index is 12.7. The standard InChI is InChI=1S/C27H25ClN2O2/c1-17-10-18(2)12-21(11-17)14-22-9-8-20(15-26(22)32-4)13-23(16-29)27(31)30-25-7-5-6-24(28)19(25)3/h5-13,15H,14H2,1-4H3,(H,30,31)/b23-13+. The predicted octanol–water partition coefficient (Wildman–Crippen LogP) is 6.41. The zero-order chi connectivity index (χ0) is 23.3. The Hall–Kier alpha value is -3.55. The number of methoxy groups -OCH3 is 1. The van der Waals surface area contributed by atoms with Gasteiger partial charge in [0.1, 0.15) is 17.4 Å². The lowest BCUT2D eigenvalue weighted by atomic mass is 9.98. The number of ether oxygens (including phenoxy) is 1. The molecule has 3 aromatic rings. The van der Waals surface area contributed by atoms with Crippen LogP contribution in [0.15, 0.2) is 60.2 Å². The highest BCUT2D eigenvalue weighted by atomic mass is 35.5. The molecular formula is C27H25ClN2O2. The number of nitrogens with zero attached hydrogens (tertiary/aromatic N) is 1. The second-order valence-corrected chi connectivity index (χ2v) is 8.19. The second-order valence-electron chi connectivity index (χ2n) is 7.78. The average Bonchev–Trinajstić information content (AvgIpc) is 2.75. The van der Waals surface area contributed by atoms with Crippen molar-refractivity contribution in [2.24, 2.45) is 0 Å². The first-order valence-electron chi connectivity index (χ1n) is 10.2. The van der Waals surface area contributed by atoms with Crippen LogP contribution in [0.3, 0.4) is 0 Å². The highest BCUT2D eigenvalue weighted by Crippen LogP contribution is 2.26. The summed E-state index contributed by atoms with van der Waals surface area (Å²) in [7, 11) is 1.62. The molecular weight excluding hydrogens is 420 g/mol. The fourth-order valence-electron chi connectivity index (χ4n) is 3.64. The van der Waals surface area contributed by atoms with Gasteiger partial charge in [-0.05, 0) is 67.3 Å². The van der Waals surface area contributed by atoms with E-state index in [9.17, 15) is 10.1 Å². The van der Waals surface area contributed by atoms with Crippen molar-refractivity contribution >= 4 is 29.3 Å². The third kappa shape index (κ3) is 5.57. The molecule has 0 saturated heterocycles. The van der Waals surface area contributed by atoms with Gasteiger partial charge in [-0.1, -0.05) is 59.1 Å². The molecule has 0 unspecified atom stereocenters. The summed E-state index contributed by atoms with van der Waals surface area (Å²) < 4.78 is 5.59. The van der Waals surface area contributed by atoms with Gasteiger partial charge in [-0.25, -0.2) is 0 Å². The molecule has 0 saturated carbocycles. The minimum absolute atomic E-state index is 0.00603. The molecule has 0 atom stereocenters. The third-order valence-electron chi connectivity index (χ3n) is 5.18. The molecule has 0 aliphatic rings. The Morgan fingerprint density at radius 1 is 1.09 bits per heavy atom. The van der Waals surface area contributed by atoms with E-state index in [0.717, 1.165) is 17.5 Å². The lowest BCUT2D eigenvalue weighted by molar-refractivity contribution is -0.112. The van der Waals surface area contributed by atoms with Gasteiger partial charge in [0.15, 0.2) is 0 Å². The molecule has 0 aliphatic heterocycles. The van der Waals surface area contributed by atoms with Gasteiger partial charge in [-0.2, -0.15) is 5.26 Å².